The number of hydrogen-bond donors (Lipinski definition) is 0. The Bertz CT molecular complexity index is 961. The molecule has 0 radical (unpaired) electrons. The van der Waals surface area contributed by atoms with Gasteiger partial charge in [0.1, 0.15) is 12.3 Å². The summed E-state index contributed by atoms with van der Waals surface area (Å²) in [5.74, 6) is 1.37. The number of aromatic nitrogens is 1. The second kappa shape index (κ2) is 7.95. The molecule has 0 amide bonds. The molecule has 0 bridgehead atoms. The van der Waals surface area contributed by atoms with Gasteiger partial charge in [-0.1, -0.05) is 11.2 Å². The van der Waals surface area contributed by atoms with E-state index in [1.165, 1.54) is 0 Å². The van der Waals surface area contributed by atoms with Gasteiger partial charge >= 0.3 is 5.97 Å². The van der Waals surface area contributed by atoms with Crippen LogP contribution in [0.4, 0.5) is 0 Å². The normalized spacial score (nSPS) is 10.5. The Morgan fingerprint density at radius 2 is 1.74 bits per heavy atom. The first-order valence-corrected chi connectivity index (χ1v) is 8.44. The summed E-state index contributed by atoms with van der Waals surface area (Å²) < 4.78 is 21.2. The predicted molar refractivity (Wildman–Crippen MR) is 100 cm³/mol. The summed E-state index contributed by atoms with van der Waals surface area (Å²) in [4.78, 5) is 12.2. The summed E-state index contributed by atoms with van der Waals surface area (Å²) in [5.41, 5.74) is 4.00. The van der Waals surface area contributed by atoms with Gasteiger partial charge in [0.05, 0.1) is 19.8 Å². The summed E-state index contributed by atoms with van der Waals surface area (Å²) in [5, 5.41) is 3.96. The molecule has 3 rings (SSSR count). The fraction of sp³-hybridized carbons (Fsp3) is 0.238. The molecule has 140 valence electrons. The molecular weight excluding hydrogens is 346 g/mol. The van der Waals surface area contributed by atoms with Crippen LogP contribution in [0, 0.1) is 13.8 Å². The summed E-state index contributed by atoms with van der Waals surface area (Å²) in [7, 11) is 3.15. The maximum absolute atomic E-state index is 12.2. The number of hydrogen-bond acceptors (Lipinski definition) is 6. The topological polar surface area (TPSA) is 70.8 Å². The third kappa shape index (κ3) is 4.11. The van der Waals surface area contributed by atoms with Crippen molar-refractivity contribution in [3.63, 3.8) is 0 Å². The van der Waals surface area contributed by atoms with Gasteiger partial charge in [0, 0.05) is 11.6 Å². The Morgan fingerprint density at radius 1 is 0.963 bits per heavy atom. The summed E-state index contributed by atoms with van der Waals surface area (Å²) in [6.07, 6.45) is 0. The van der Waals surface area contributed by atoms with Crippen LogP contribution in [0.15, 0.2) is 47.0 Å². The van der Waals surface area contributed by atoms with E-state index in [0.29, 0.717) is 28.5 Å². The zero-order chi connectivity index (χ0) is 19.4. The second-order valence-corrected chi connectivity index (χ2v) is 6.13. The van der Waals surface area contributed by atoms with Crippen molar-refractivity contribution in [3.05, 3.63) is 64.8 Å². The minimum Gasteiger partial charge on any atom is -0.493 e. The van der Waals surface area contributed by atoms with Gasteiger partial charge in [-0.25, -0.2) is 4.79 Å². The molecule has 0 aliphatic carbocycles. The van der Waals surface area contributed by atoms with Crippen LogP contribution < -0.4 is 9.47 Å². The largest absolute Gasteiger partial charge is 0.493 e. The van der Waals surface area contributed by atoms with E-state index in [9.17, 15) is 4.79 Å². The number of ether oxygens (including phenoxy) is 3. The molecule has 0 saturated carbocycles. The number of rotatable bonds is 6. The monoisotopic (exact) mass is 367 g/mol. The zero-order valence-electron chi connectivity index (χ0n) is 15.7. The highest BCUT2D eigenvalue weighted by Gasteiger charge is 2.13. The van der Waals surface area contributed by atoms with Gasteiger partial charge in [0.15, 0.2) is 17.3 Å². The summed E-state index contributed by atoms with van der Waals surface area (Å²) in [6, 6.07) is 12.6. The standard InChI is InChI=1S/C21H21NO5/c1-13-5-6-16(9-14(13)2)21(23)26-12-17-11-19(27-22-17)15-7-8-18(24-3)20(10-15)25-4/h5-11H,12H2,1-4H3. The highest BCUT2D eigenvalue weighted by Crippen LogP contribution is 2.32. The maximum atomic E-state index is 12.2. The van der Waals surface area contributed by atoms with E-state index >= 15 is 0 Å². The maximum Gasteiger partial charge on any atom is 0.338 e. The minimum atomic E-state index is -0.395. The highest BCUT2D eigenvalue weighted by molar-refractivity contribution is 5.89. The highest BCUT2D eigenvalue weighted by atomic mass is 16.5. The third-order valence-corrected chi connectivity index (χ3v) is 4.32. The lowest BCUT2D eigenvalue weighted by molar-refractivity contribution is 0.0464. The molecule has 0 atom stereocenters. The van der Waals surface area contributed by atoms with Gasteiger partial charge in [-0.2, -0.15) is 0 Å². The van der Waals surface area contributed by atoms with Crippen molar-refractivity contribution < 1.29 is 23.5 Å². The molecule has 6 nitrogen and oxygen atoms in total. The first-order valence-electron chi connectivity index (χ1n) is 8.44. The van der Waals surface area contributed by atoms with E-state index in [1.807, 2.05) is 32.0 Å². The second-order valence-electron chi connectivity index (χ2n) is 6.13. The van der Waals surface area contributed by atoms with E-state index < -0.39 is 5.97 Å². The van der Waals surface area contributed by atoms with E-state index in [0.717, 1.165) is 16.7 Å². The Labute approximate surface area is 157 Å². The van der Waals surface area contributed by atoms with Crippen LogP contribution in [-0.2, 0) is 11.3 Å². The molecule has 0 spiro atoms. The molecule has 0 N–H and O–H groups in total. The first kappa shape index (κ1) is 18.5. The van der Waals surface area contributed by atoms with Crippen molar-refractivity contribution >= 4 is 5.97 Å². The van der Waals surface area contributed by atoms with Crippen LogP contribution in [0.25, 0.3) is 11.3 Å². The quantitative estimate of drug-likeness (QED) is 0.604. The number of esters is 1. The third-order valence-electron chi connectivity index (χ3n) is 4.32. The molecule has 0 aliphatic rings. The van der Waals surface area contributed by atoms with Crippen LogP contribution in [0.3, 0.4) is 0 Å². The Hall–Kier alpha value is -3.28. The molecule has 27 heavy (non-hydrogen) atoms. The van der Waals surface area contributed by atoms with Crippen LogP contribution >= 0.6 is 0 Å². The van der Waals surface area contributed by atoms with Gasteiger partial charge < -0.3 is 18.7 Å². The Balaban J connectivity index is 1.69. The molecule has 0 unspecified atom stereocenters. The van der Waals surface area contributed by atoms with Crippen molar-refractivity contribution in [1.82, 2.24) is 5.16 Å². The van der Waals surface area contributed by atoms with Crippen LogP contribution in [0.2, 0.25) is 0 Å². The SMILES string of the molecule is COc1ccc(-c2cc(COC(=O)c3ccc(C)c(C)c3)no2)cc1OC. The molecule has 3 aromatic rings. The van der Waals surface area contributed by atoms with Gasteiger partial charge in [-0.15, -0.1) is 0 Å². The number of carbonyl (C=O) groups excluding carboxylic acids is 1. The number of carbonyl (C=O) groups is 1. The van der Waals surface area contributed by atoms with E-state index in [-0.39, 0.29) is 6.61 Å². The lowest BCUT2D eigenvalue weighted by Crippen LogP contribution is -2.06. The van der Waals surface area contributed by atoms with Crippen molar-refractivity contribution in [2.45, 2.75) is 20.5 Å². The molecule has 1 heterocycles. The molecule has 1 aromatic heterocycles. The van der Waals surface area contributed by atoms with E-state index in [2.05, 4.69) is 5.16 Å². The molecule has 0 fully saturated rings. The summed E-state index contributed by atoms with van der Waals surface area (Å²) >= 11 is 0. The van der Waals surface area contributed by atoms with Crippen LogP contribution in [-0.4, -0.2) is 25.3 Å². The lowest BCUT2D eigenvalue weighted by Gasteiger charge is -2.07. The average Bonchev–Trinajstić information content (AvgIpc) is 3.16. The molecular formula is C21H21NO5. The fourth-order valence-corrected chi connectivity index (χ4v) is 2.60. The Morgan fingerprint density at radius 3 is 2.44 bits per heavy atom. The molecule has 2 aromatic carbocycles. The van der Waals surface area contributed by atoms with Crippen molar-refractivity contribution in [2.24, 2.45) is 0 Å². The smallest absolute Gasteiger partial charge is 0.338 e. The Kier molecular flexibility index (Phi) is 5.45. The van der Waals surface area contributed by atoms with E-state index in [4.69, 9.17) is 18.7 Å². The van der Waals surface area contributed by atoms with Crippen LogP contribution in [0.5, 0.6) is 11.5 Å². The van der Waals surface area contributed by atoms with Gasteiger partial charge in [-0.3, -0.25) is 0 Å². The number of nitrogens with zero attached hydrogens (tertiary/aromatic N) is 1. The minimum absolute atomic E-state index is 0.0303. The number of benzene rings is 2. The number of methoxy groups -OCH3 is 2. The zero-order valence-corrected chi connectivity index (χ0v) is 15.7. The van der Waals surface area contributed by atoms with Crippen molar-refractivity contribution in [2.75, 3.05) is 14.2 Å². The van der Waals surface area contributed by atoms with E-state index in [1.54, 1.807) is 38.5 Å². The van der Waals surface area contributed by atoms with Crippen molar-refractivity contribution in [1.29, 1.82) is 0 Å². The number of aryl methyl sites for hydroxylation is 2. The molecule has 6 heteroatoms. The van der Waals surface area contributed by atoms with Gasteiger partial charge in [-0.05, 0) is 55.3 Å². The average molecular weight is 367 g/mol. The van der Waals surface area contributed by atoms with Crippen LogP contribution in [0.1, 0.15) is 27.2 Å². The predicted octanol–water partition coefficient (Wildman–Crippen LogP) is 4.33. The summed E-state index contributed by atoms with van der Waals surface area (Å²) in [6.45, 7) is 3.98. The van der Waals surface area contributed by atoms with Gasteiger partial charge in [0.2, 0.25) is 0 Å². The molecule has 0 aliphatic heterocycles. The van der Waals surface area contributed by atoms with Gasteiger partial charge in [0.25, 0.3) is 0 Å². The molecule has 0 saturated heterocycles. The lowest BCUT2D eigenvalue weighted by atomic mass is 10.1. The first-order chi connectivity index (χ1) is 13.0. The fourth-order valence-electron chi connectivity index (χ4n) is 2.60. The van der Waals surface area contributed by atoms with Crippen molar-refractivity contribution in [3.8, 4) is 22.8 Å².